The number of rotatable bonds is 1. The molecule has 0 saturated heterocycles. The van der Waals surface area contributed by atoms with E-state index in [-0.39, 0.29) is 0 Å². The number of hydrogen-bond donors (Lipinski definition) is 2. The standard InChI is InChI=1S/CH6ClO3P/c1-6(3,4)5-2/h3-4,6H,1H3. The van der Waals surface area contributed by atoms with E-state index in [9.17, 15) is 0 Å². The minimum absolute atomic E-state index is 1.14. The Kier molecular flexibility index (Phi) is 2.26. The fraction of sp³-hybridized carbons (Fsp3) is 1.00. The quantitative estimate of drug-likeness (QED) is 0.504. The summed E-state index contributed by atoms with van der Waals surface area (Å²) < 4.78 is 3.66. The first kappa shape index (κ1) is 6.60. The summed E-state index contributed by atoms with van der Waals surface area (Å²) in [7, 11) is -3.37. The molecule has 0 amide bonds. The van der Waals surface area contributed by atoms with Crippen LogP contribution < -0.4 is 0 Å². The van der Waals surface area contributed by atoms with Gasteiger partial charge in [-0.3, -0.25) is 0 Å². The van der Waals surface area contributed by atoms with E-state index in [4.69, 9.17) is 9.79 Å². The predicted octanol–water partition coefficient (Wildman–Crippen LogP) is 0.266. The summed E-state index contributed by atoms with van der Waals surface area (Å²) in [5, 5.41) is 0. The number of hydrogen-bond acceptors (Lipinski definition) is 3. The Labute approximate surface area is 41.3 Å². The summed E-state index contributed by atoms with van der Waals surface area (Å²) in [6.45, 7) is 1.14. The number of halogens is 1. The molecule has 0 heterocycles. The van der Waals surface area contributed by atoms with Gasteiger partial charge >= 0.3 is 40.3 Å². The fourth-order valence-electron chi connectivity index (χ4n) is 0. The molecule has 0 fully saturated rings. The van der Waals surface area contributed by atoms with Gasteiger partial charge in [-0.05, 0) is 0 Å². The van der Waals surface area contributed by atoms with Gasteiger partial charge in [0, 0.05) is 0 Å². The predicted molar refractivity (Wildman–Crippen MR) is 25.6 cm³/mol. The van der Waals surface area contributed by atoms with Crippen molar-refractivity contribution >= 4 is 19.8 Å². The average Bonchev–Trinajstić information content (AvgIpc) is 1.35. The van der Waals surface area contributed by atoms with Crippen LogP contribution in [0.4, 0.5) is 0 Å². The summed E-state index contributed by atoms with van der Waals surface area (Å²) >= 11 is 4.54. The third kappa shape index (κ3) is 4.60. The molecule has 0 bridgehead atoms. The molecule has 0 aromatic heterocycles. The maximum absolute atomic E-state index is 8.17. The van der Waals surface area contributed by atoms with Crippen molar-refractivity contribution in [1.82, 2.24) is 0 Å². The summed E-state index contributed by atoms with van der Waals surface area (Å²) in [4.78, 5) is 16.3. The van der Waals surface area contributed by atoms with Crippen molar-refractivity contribution in [2.75, 3.05) is 6.66 Å². The Bertz CT molecular complexity index is 40.5. The monoisotopic (exact) mass is 132 g/mol. The maximum atomic E-state index is 8.17. The molecule has 0 spiro atoms. The van der Waals surface area contributed by atoms with Crippen molar-refractivity contribution in [3.05, 3.63) is 0 Å². The summed E-state index contributed by atoms with van der Waals surface area (Å²) in [6.07, 6.45) is 0. The molecule has 0 rings (SSSR count). The molecule has 40 valence electrons. The summed E-state index contributed by atoms with van der Waals surface area (Å²) in [5.41, 5.74) is 0. The van der Waals surface area contributed by atoms with Crippen molar-refractivity contribution in [2.24, 2.45) is 0 Å². The molecule has 3 nitrogen and oxygen atoms in total. The second-order valence-electron chi connectivity index (χ2n) is 1.01. The van der Waals surface area contributed by atoms with Crippen LogP contribution in [0, 0.1) is 0 Å². The molecule has 0 radical (unpaired) electrons. The molecule has 6 heavy (non-hydrogen) atoms. The van der Waals surface area contributed by atoms with Crippen LogP contribution in [0.25, 0.3) is 0 Å². The minimum atomic E-state index is -3.37. The molecule has 0 aliphatic carbocycles. The molecule has 0 aromatic carbocycles. The van der Waals surface area contributed by atoms with E-state index in [1.807, 2.05) is 0 Å². The average molecular weight is 132 g/mol. The zero-order valence-corrected chi connectivity index (χ0v) is 4.94. The van der Waals surface area contributed by atoms with Crippen LogP contribution in [-0.2, 0) is 4.08 Å². The molecule has 0 aromatic rings. The van der Waals surface area contributed by atoms with Crippen LogP contribution in [0.2, 0.25) is 0 Å². The molecule has 0 aliphatic rings. The van der Waals surface area contributed by atoms with Crippen LogP contribution in [0.1, 0.15) is 0 Å². The Morgan fingerprint density at radius 3 is 1.83 bits per heavy atom. The van der Waals surface area contributed by atoms with Gasteiger partial charge in [-0.15, -0.1) is 0 Å². The SMILES string of the molecule is C[PH](O)(O)OCl. The van der Waals surface area contributed by atoms with E-state index in [1.54, 1.807) is 0 Å². The Hall–Kier alpha value is 0.600. The Morgan fingerprint density at radius 1 is 1.67 bits per heavy atom. The molecule has 0 aliphatic heterocycles. The molecule has 0 unspecified atom stereocenters. The summed E-state index contributed by atoms with van der Waals surface area (Å²) in [5.74, 6) is 0. The van der Waals surface area contributed by atoms with E-state index in [0.717, 1.165) is 6.66 Å². The van der Waals surface area contributed by atoms with Crippen molar-refractivity contribution in [2.45, 2.75) is 0 Å². The Balaban J connectivity index is 3.17. The van der Waals surface area contributed by atoms with Crippen LogP contribution in [0.5, 0.6) is 0 Å². The van der Waals surface area contributed by atoms with Gasteiger partial charge in [0.1, 0.15) is 0 Å². The van der Waals surface area contributed by atoms with Gasteiger partial charge in [0.05, 0.1) is 0 Å². The van der Waals surface area contributed by atoms with Crippen LogP contribution in [0.3, 0.4) is 0 Å². The third-order valence-corrected chi connectivity index (χ3v) is 1.32. The van der Waals surface area contributed by atoms with Gasteiger partial charge in [-0.1, -0.05) is 0 Å². The first-order valence-corrected chi connectivity index (χ1v) is 3.92. The van der Waals surface area contributed by atoms with Crippen LogP contribution in [0.15, 0.2) is 0 Å². The fourth-order valence-corrected chi connectivity index (χ4v) is 0. The topological polar surface area (TPSA) is 49.7 Å². The van der Waals surface area contributed by atoms with Gasteiger partial charge in [0.25, 0.3) is 0 Å². The van der Waals surface area contributed by atoms with E-state index >= 15 is 0 Å². The molecule has 0 saturated carbocycles. The molecular weight excluding hydrogens is 126 g/mol. The Morgan fingerprint density at radius 2 is 1.83 bits per heavy atom. The summed E-state index contributed by atoms with van der Waals surface area (Å²) in [6, 6.07) is 0. The van der Waals surface area contributed by atoms with Crippen molar-refractivity contribution < 1.29 is 13.9 Å². The molecule has 5 heteroatoms. The second-order valence-corrected chi connectivity index (χ2v) is 3.50. The van der Waals surface area contributed by atoms with Gasteiger partial charge in [0.15, 0.2) is 0 Å². The van der Waals surface area contributed by atoms with Gasteiger partial charge in [0.2, 0.25) is 0 Å². The first-order chi connectivity index (χ1) is 2.56. The van der Waals surface area contributed by atoms with Crippen molar-refractivity contribution in [3.8, 4) is 0 Å². The van der Waals surface area contributed by atoms with Gasteiger partial charge in [-0.2, -0.15) is 0 Å². The normalized spacial score (nSPS) is 14.7. The van der Waals surface area contributed by atoms with E-state index in [2.05, 4.69) is 15.9 Å². The van der Waals surface area contributed by atoms with Gasteiger partial charge < -0.3 is 0 Å². The second kappa shape index (κ2) is 2.05. The van der Waals surface area contributed by atoms with Crippen molar-refractivity contribution in [1.29, 1.82) is 0 Å². The first-order valence-electron chi connectivity index (χ1n) is 1.31. The van der Waals surface area contributed by atoms with E-state index in [1.165, 1.54) is 0 Å². The molecule has 2 N–H and O–H groups in total. The van der Waals surface area contributed by atoms with Crippen LogP contribution >= 0.6 is 19.8 Å². The van der Waals surface area contributed by atoms with Crippen molar-refractivity contribution in [3.63, 3.8) is 0 Å². The molecular formula is CH6ClO3P. The zero-order chi connectivity index (χ0) is 5.21. The van der Waals surface area contributed by atoms with Crippen LogP contribution in [-0.4, -0.2) is 16.5 Å². The molecule has 0 atom stereocenters. The third-order valence-electron chi connectivity index (χ3n) is 0.146. The zero-order valence-electron chi connectivity index (χ0n) is 3.18. The van der Waals surface area contributed by atoms with E-state index in [0.29, 0.717) is 0 Å². The van der Waals surface area contributed by atoms with Gasteiger partial charge in [-0.25, -0.2) is 0 Å². The van der Waals surface area contributed by atoms with E-state index < -0.39 is 7.94 Å².